The molecule has 0 spiro atoms. The van der Waals surface area contributed by atoms with E-state index in [0.29, 0.717) is 16.3 Å². The summed E-state index contributed by atoms with van der Waals surface area (Å²) in [5.41, 5.74) is 4.86. The van der Waals surface area contributed by atoms with Crippen molar-refractivity contribution < 1.29 is 67.6 Å². The number of nitrogens with two attached hydrogens (primary N) is 1. The van der Waals surface area contributed by atoms with Crippen molar-refractivity contribution in [2.45, 2.75) is 23.4 Å². The molecule has 29 heteroatoms. The Balaban J connectivity index is 1.23. The predicted molar refractivity (Wildman–Crippen MR) is 217 cm³/mol. The maximum Gasteiger partial charge on any atom is 0.375 e. The Morgan fingerprint density at radius 1 is 0.952 bits per heavy atom. The van der Waals surface area contributed by atoms with E-state index in [1.165, 1.54) is 9.90 Å². The summed E-state index contributed by atoms with van der Waals surface area (Å²) in [6, 6.07) is 1.98. The number of nitrogen functional groups attached to an aromatic ring is 1. The van der Waals surface area contributed by atoms with Gasteiger partial charge in [0.2, 0.25) is 5.75 Å². The number of oxime groups is 1. The van der Waals surface area contributed by atoms with Gasteiger partial charge in [-0.25, -0.2) is 24.4 Å². The first-order chi connectivity index (χ1) is 29.5. The van der Waals surface area contributed by atoms with Gasteiger partial charge in [-0.1, -0.05) is 5.16 Å². The third kappa shape index (κ3) is 9.84. The van der Waals surface area contributed by atoms with E-state index < -0.39 is 111 Å². The molecule has 5 N–H and O–H groups in total. The predicted octanol–water partition coefficient (Wildman–Crippen LogP) is 1.69. The van der Waals surface area contributed by atoms with Gasteiger partial charge in [0, 0.05) is 22.6 Å². The fraction of sp³-hybridized carbons (Fsp3) is 0.242. The molecule has 1 fully saturated rings. The van der Waals surface area contributed by atoms with Gasteiger partial charge in [0.25, 0.3) is 23.4 Å². The van der Waals surface area contributed by atoms with Gasteiger partial charge >= 0.3 is 35.8 Å². The number of rotatable bonds is 16. The second-order valence-electron chi connectivity index (χ2n) is 12.1. The number of aryl methyl sites for hydroxylation is 1. The van der Waals surface area contributed by atoms with Gasteiger partial charge in [0.15, 0.2) is 22.3 Å². The molecule has 0 unspecified atom stereocenters. The smallest absolute Gasteiger partial charge is 0.375 e. The summed E-state index contributed by atoms with van der Waals surface area (Å²) >= 11 is 19.8. The Hall–Kier alpha value is -6.06. The van der Waals surface area contributed by atoms with Crippen molar-refractivity contribution in [2.75, 3.05) is 34.9 Å². The molecule has 23 nitrogen and oxygen atoms in total. The number of fused-ring (bicyclic) bond motifs is 2. The highest BCUT2D eigenvalue weighted by Crippen LogP contribution is 2.42. The maximum atomic E-state index is 13.8. The zero-order valence-corrected chi connectivity index (χ0v) is 35.6. The van der Waals surface area contributed by atoms with Crippen LogP contribution in [-0.2, 0) is 33.6 Å². The number of carboxylic acid groups (broad SMARTS) is 2. The van der Waals surface area contributed by atoms with Crippen LogP contribution >= 0.6 is 69.7 Å². The Kier molecular flexibility index (Phi) is 14.2. The first kappa shape index (κ1) is 45.5. The summed E-state index contributed by atoms with van der Waals surface area (Å²) in [7, 11) is 0. The molecule has 2 amide bonds. The molecule has 4 aromatic rings. The SMILES string of the molecule is Cc1cc(SCC2=C(C(=O)O)N3C(=O)[C@@H](NC(=O)/C(=N\OC(=O)c4cc(OC(=O)CCl)c(OC(=O)CCl)c(OC(=O)CCl)c4)c4csc(N)n4)[C@H]3SC2)n2nc(C(=O)O)nc2n1. The van der Waals surface area contributed by atoms with Crippen molar-refractivity contribution in [3.8, 4) is 17.2 Å². The molecule has 1 saturated heterocycles. The molecule has 0 bridgehead atoms. The number of ether oxygens (including phenoxy) is 3. The standard InChI is InChI=1S/C33H24Cl3N9O14S3/c1-11-2-17(45-33(38-11)41-25(42-45)30(53)54)60-8-13-9-61-28-22(27(50)44(28)23(13)29(51)52)40-26(49)21(14-10-62-32(37)39-14)43-59-31(55)12-3-15(56-18(46)5-34)24(58-20(48)7-36)16(4-12)57-19(47)6-35/h2-4,10,22,28H,5-9H2,1H3,(H2,37,39)(H,40,49)(H,51,52)(H,53,54)/b43-21-/t22-,28-/m1/s1. The number of aromatic nitrogens is 5. The van der Waals surface area contributed by atoms with Gasteiger partial charge in [-0.2, -0.15) is 9.50 Å². The number of aromatic carboxylic acids is 1. The molecule has 2 aliphatic rings. The van der Waals surface area contributed by atoms with Gasteiger partial charge in [0.1, 0.15) is 45.5 Å². The Morgan fingerprint density at radius 3 is 2.18 bits per heavy atom. The van der Waals surface area contributed by atoms with Crippen molar-refractivity contribution >= 4 is 134 Å². The molecule has 62 heavy (non-hydrogen) atoms. The van der Waals surface area contributed by atoms with E-state index in [1.807, 2.05) is 0 Å². The lowest BCUT2D eigenvalue weighted by atomic mass is 10.0. The molecule has 324 valence electrons. The highest BCUT2D eigenvalue weighted by atomic mass is 35.5. The number of carbonyl (C=O) groups excluding carboxylic acids is 6. The lowest BCUT2D eigenvalue weighted by Gasteiger charge is -2.49. The van der Waals surface area contributed by atoms with Crippen LogP contribution in [0.4, 0.5) is 5.13 Å². The molecule has 3 aromatic heterocycles. The minimum atomic E-state index is -1.42. The highest BCUT2D eigenvalue weighted by molar-refractivity contribution is 8.01. The molecule has 2 aliphatic heterocycles. The van der Waals surface area contributed by atoms with Crippen molar-refractivity contribution in [1.29, 1.82) is 0 Å². The summed E-state index contributed by atoms with van der Waals surface area (Å²) < 4.78 is 16.4. The van der Waals surface area contributed by atoms with Crippen LogP contribution in [0.1, 0.15) is 32.4 Å². The molecule has 0 radical (unpaired) electrons. The number of esters is 3. The molecule has 1 aromatic carbocycles. The van der Waals surface area contributed by atoms with Crippen LogP contribution in [0.15, 0.2) is 45.0 Å². The summed E-state index contributed by atoms with van der Waals surface area (Å²) in [4.78, 5) is 119. The lowest BCUT2D eigenvalue weighted by Crippen LogP contribution is -2.71. The van der Waals surface area contributed by atoms with Crippen LogP contribution < -0.4 is 25.3 Å². The van der Waals surface area contributed by atoms with Gasteiger partial charge in [-0.15, -0.1) is 74.8 Å². The van der Waals surface area contributed by atoms with Crippen LogP contribution in [0.2, 0.25) is 0 Å². The number of aliphatic carboxylic acids is 1. The quantitative estimate of drug-likeness (QED) is 0.0143. The number of hydrogen-bond acceptors (Lipinski definition) is 21. The molecular formula is C33H24Cl3N9O14S3. The van der Waals surface area contributed by atoms with E-state index in [2.05, 4.69) is 30.5 Å². The number of thiazole rings is 1. The third-order valence-electron chi connectivity index (χ3n) is 7.98. The molecular weight excluding hydrogens is 949 g/mol. The fourth-order valence-corrected chi connectivity index (χ4v) is 8.69. The van der Waals surface area contributed by atoms with E-state index >= 15 is 0 Å². The van der Waals surface area contributed by atoms with Crippen LogP contribution in [0, 0.1) is 6.92 Å². The number of alkyl halides is 3. The van der Waals surface area contributed by atoms with Gasteiger partial charge in [-0.3, -0.25) is 28.9 Å². The van der Waals surface area contributed by atoms with Gasteiger partial charge < -0.3 is 40.3 Å². The van der Waals surface area contributed by atoms with Crippen molar-refractivity contribution in [1.82, 2.24) is 34.8 Å². The zero-order chi connectivity index (χ0) is 45.0. The Morgan fingerprint density at radius 2 is 1.60 bits per heavy atom. The number of halogens is 3. The number of carboxylic acids is 2. The summed E-state index contributed by atoms with van der Waals surface area (Å²) in [5, 5.41) is 30.4. The average molecular weight is 973 g/mol. The van der Waals surface area contributed by atoms with E-state index in [0.717, 1.165) is 51.9 Å². The molecule has 0 aliphatic carbocycles. The molecule has 6 rings (SSSR count). The zero-order valence-electron chi connectivity index (χ0n) is 30.9. The van der Waals surface area contributed by atoms with Crippen molar-refractivity contribution in [2.24, 2.45) is 5.16 Å². The number of anilines is 1. The van der Waals surface area contributed by atoms with E-state index in [-0.39, 0.29) is 33.8 Å². The van der Waals surface area contributed by atoms with E-state index in [4.69, 9.17) is 59.6 Å². The number of carbonyl (C=O) groups is 8. The van der Waals surface area contributed by atoms with Gasteiger partial charge in [0.05, 0.1) is 5.56 Å². The van der Waals surface area contributed by atoms with Crippen LogP contribution in [0.3, 0.4) is 0 Å². The van der Waals surface area contributed by atoms with Crippen LogP contribution in [-0.4, -0.2) is 134 Å². The lowest BCUT2D eigenvalue weighted by molar-refractivity contribution is -0.150. The van der Waals surface area contributed by atoms with Crippen molar-refractivity contribution in [3.05, 3.63) is 57.6 Å². The van der Waals surface area contributed by atoms with E-state index in [9.17, 15) is 48.6 Å². The topological polar surface area (TPSA) is 324 Å². The number of hydrogen-bond donors (Lipinski definition) is 4. The number of β-lactam (4-membered cyclic amide) rings is 1. The van der Waals surface area contributed by atoms with Crippen molar-refractivity contribution in [3.63, 3.8) is 0 Å². The summed E-state index contributed by atoms with van der Waals surface area (Å²) in [6.45, 7) is 1.66. The van der Waals surface area contributed by atoms with Gasteiger partial charge in [-0.05, 0) is 30.7 Å². The second-order valence-corrected chi connectivity index (χ2v) is 15.9. The average Bonchev–Trinajstić information content (AvgIpc) is 3.88. The highest BCUT2D eigenvalue weighted by Gasteiger charge is 2.54. The minimum absolute atomic E-state index is 0.0188. The monoisotopic (exact) mass is 971 g/mol. The number of thioether (sulfide) groups is 2. The van der Waals surface area contributed by atoms with Crippen LogP contribution in [0.25, 0.3) is 5.78 Å². The second kappa shape index (κ2) is 19.3. The number of nitrogens with zero attached hydrogens (tertiary/aromatic N) is 7. The third-order valence-corrected chi connectivity index (χ3v) is 11.7. The normalized spacial score (nSPS) is 16.0. The minimum Gasteiger partial charge on any atom is -0.477 e. The maximum absolute atomic E-state index is 13.8. The number of amides is 2. The molecule has 2 atom stereocenters. The Labute approximate surface area is 372 Å². The largest absolute Gasteiger partial charge is 0.477 e. The molecule has 0 saturated carbocycles. The van der Waals surface area contributed by atoms with Crippen LogP contribution in [0.5, 0.6) is 17.2 Å². The fourth-order valence-electron chi connectivity index (χ4n) is 5.44. The molecule has 5 heterocycles. The summed E-state index contributed by atoms with van der Waals surface area (Å²) in [5.74, 6) is -13.8. The van der Waals surface area contributed by atoms with E-state index in [1.54, 1.807) is 13.0 Å². The first-order valence-corrected chi connectivity index (χ1v) is 21.3. The number of benzene rings is 1. The first-order valence-electron chi connectivity index (χ1n) is 16.8. The number of nitrogens with one attached hydrogen (secondary N) is 1. The summed E-state index contributed by atoms with van der Waals surface area (Å²) in [6.07, 6.45) is 0. The Bertz CT molecular complexity index is 2600.